The van der Waals surface area contributed by atoms with Crippen LogP contribution in [-0.4, -0.2) is 26.3 Å². The summed E-state index contributed by atoms with van der Waals surface area (Å²) >= 11 is 0. The Morgan fingerprint density at radius 3 is 1.97 bits per heavy atom. The van der Waals surface area contributed by atoms with E-state index in [0.717, 1.165) is 43.2 Å². The van der Waals surface area contributed by atoms with Crippen molar-refractivity contribution < 1.29 is 9.13 Å². The summed E-state index contributed by atoms with van der Waals surface area (Å²) in [6.07, 6.45) is 0. The minimum absolute atomic E-state index is 0.296. The number of morpholine rings is 1. The monoisotopic (exact) mass is 403 g/mol. The van der Waals surface area contributed by atoms with Crippen LogP contribution in [0, 0.1) is 12.7 Å². The van der Waals surface area contributed by atoms with Gasteiger partial charge >= 0.3 is 0 Å². The van der Waals surface area contributed by atoms with Gasteiger partial charge in [0.05, 0.1) is 36.0 Å². The van der Waals surface area contributed by atoms with E-state index in [-0.39, 0.29) is 5.82 Å². The predicted octanol–water partition coefficient (Wildman–Crippen LogP) is 6.80. The molecule has 0 aromatic heterocycles. The SMILES string of the molecule is Cc1cc(/N=N/c2ccc(F)cc2)ccc1/N=N/c1ccc(N2CCOCC2)cc1. The highest BCUT2D eigenvalue weighted by Gasteiger charge is 2.10. The normalized spacial score (nSPS) is 14.7. The zero-order valence-corrected chi connectivity index (χ0v) is 16.7. The Hall–Kier alpha value is -3.45. The van der Waals surface area contributed by atoms with Crippen LogP contribution in [0.25, 0.3) is 0 Å². The second-order valence-electron chi connectivity index (χ2n) is 6.96. The fourth-order valence-electron chi connectivity index (χ4n) is 3.10. The number of halogens is 1. The Balaban J connectivity index is 1.41. The zero-order chi connectivity index (χ0) is 20.8. The second kappa shape index (κ2) is 9.37. The van der Waals surface area contributed by atoms with Crippen molar-refractivity contribution in [1.29, 1.82) is 0 Å². The van der Waals surface area contributed by atoms with Crippen LogP contribution < -0.4 is 4.90 Å². The molecule has 0 spiro atoms. The summed E-state index contributed by atoms with van der Waals surface area (Å²) in [6, 6.07) is 19.5. The summed E-state index contributed by atoms with van der Waals surface area (Å²) in [5.74, 6) is -0.296. The van der Waals surface area contributed by atoms with Gasteiger partial charge in [-0.2, -0.15) is 20.5 Å². The van der Waals surface area contributed by atoms with Crippen molar-refractivity contribution in [2.24, 2.45) is 20.5 Å². The molecular weight excluding hydrogens is 381 g/mol. The van der Waals surface area contributed by atoms with Crippen LogP contribution in [-0.2, 0) is 4.74 Å². The van der Waals surface area contributed by atoms with Crippen molar-refractivity contribution in [2.75, 3.05) is 31.2 Å². The molecule has 0 saturated carbocycles. The molecule has 30 heavy (non-hydrogen) atoms. The number of ether oxygens (including phenoxy) is 1. The van der Waals surface area contributed by atoms with E-state index in [9.17, 15) is 4.39 Å². The number of rotatable bonds is 5. The third-order valence-corrected chi connectivity index (χ3v) is 4.79. The fraction of sp³-hybridized carbons (Fsp3) is 0.217. The Bertz CT molecular complexity index is 1040. The van der Waals surface area contributed by atoms with Gasteiger partial charge in [0.15, 0.2) is 0 Å². The molecule has 7 heteroatoms. The number of hydrogen-bond acceptors (Lipinski definition) is 6. The van der Waals surface area contributed by atoms with Gasteiger partial charge in [0.2, 0.25) is 0 Å². The maximum atomic E-state index is 12.9. The molecule has 3 aromatic carbocycles. The first kappa shape index (κ1) is 19.8. The van der Waals surface area contributed by atoms with Gasteiger partial charge in [0.1, 0.15) is 5.82 Å². The first-order chi connectivity index (χ1) is 14.7. The van der Waals surface area contributed by atoms with Crippen LogP contribution in [0.4, 0.5) is 32.8 Å². The molecule has 4 rings (SSSR count). The standard InChI is InChI=1S/C23H22FN5O/c1-17-16-21(27-25-19-4-2-18(24)3-5-19)8-11-23(17)28-26-20-6-9-22(10-7-20)29-12-14-30-15-13-29/h2-11,16H,12-15H2,1H3/b27-25+,28-26+. The van der Waals surface area contributed by atoms with Gasteiger partial charge in [-0.15, -0.1) is 0 Å². The zero-order valence-electron chi connectivity index (χ0n) is 16.7. The maximum Gasteiger partial charge on any atom is 0.123 e. The largest absolute Gasteiger partial charge is 0.378 e. The van der Waals surface area contributed by atoms with E-state index in [1.165, 1.54) is 17.8 Å². The van der Waals surface area contributed by atoms with Crippen molar-refractivity contribution in [1.82, 2.24) is 0 Å². The number of benzene rings is 3. The summed E-state index contributed by atoms with van der Waals surface area (Å²) in [6.45, 7) is 5.29. The van der Waals surface area contributed by atoms with E-state index in [1.807, 2.05) is 37.3 Å². The van der Waals surface area contributed by atoms with E-state index >= 15 is 0 Å². The predicted molar refractivity (Wildman–Crippen MR) is 115 cm³/mol. The van der Waals surface area contributed by atoms with Crippen LogP contribution >= 0.6 is 0 Å². The van der Waals surface area contributed by atoms with E-state index in [2.05, 4.69) is 37.5 Å². The Morgan fingerprint density at radius 1 is 0.733 bits per heavy atom. The lowest BCUT2D eigenvalue weighted by molar-refractivity contribution is 0.122. The molecule has 6 nitrogen and oxygen atoms in total. The summed E-state index contributed by atoms with van der Waals surface area (Å²) in [7, 11) is 0. The number of nitrogens with zero attached hydrogens (tertiary/aromatic N) is 5. The summed E-state index contributed by atoms with van der Waals surface area (Å²) in [4.78, 5) is 2.30. The lowest BCUT2D eigenvalue weighted by atomic mass is 10.2. The van der Waals surface area contributed by atoms with E-state index < -0.39 is 0 Å². The van der Waals surface area contributed by atoms with Crippen molar-refractivity contribution in [2.45, 2.75) is 6.92 Å². The van der Waals surface area contributed by atoms with Gasteiger partial charge in [-0.05, 0) is 79.2 Å². The molecule has 1 saturated heterocycles. The van der Waals surface area contributed by atoms with Gasteiger partial charge < -0.3 is 9.64 Å². The van der Waals surface area contributed by atoms with Gasteiger partial charge in [-0.25, -0.2) is 4.39 Å². The molecule has 152 valence electrons. The molecule has 0 aliphatic carbocycles. The highest BCUT2D eigenvalue weighted by Crippen LogP contribution is 2.28. The second-order valence-corrected chi connectivity index (χ2v) is 6.96. The highest BCUT2D eigenvalue weighted by molar-refractivity contribution is 5.55. The van der Waals surface area contributed by atoms with Crippen molar-refractivity contribution in [3.05, 3.63) is 78.1 Å². The van der Waals surface area contributed by atoms with Crippen molar-refractivity contribution in [3.63, 3.8) is 0 Å². The lowest BCUT2D eigenvalue weighted by Crippen LogP contribution is -2.36. The first-order valence-corrected chi connectivity index (χ1v) is 9.80. The van der Waals surface area contributed by atoms with Crippen molar-refractivity contribution >= 4 is 28.4 Å². The Kier molecular flexibility index (Phi) is 6.20. The summed E-state index contributed by atoms with van der Waals surface area (Å²) in [5.41, 5.74) is 4.98. The number of hydrogen-bond donors (Lipinski definition) is 0. The van der Waals surface area contributed by atoms with Gasteiger partial charge in [0, 0.05) is 18.8 Å². The molecule has 0 N–H and O–H groups in total. The van der Waals surface area contributed by atoms with Crippen LogP contribution in [0.15, 0.2) is 87.2 Å². The molecule has 3 aromatic rings. The molecule has 0 bridgehead atoms. The topological polar surface area (TPSA) is 61.9 Å². The van der Waals surface area contributed by atoms with Crippen LogP contribution in [0.1, 0.15) is 5.56 Å². The minimum atomic E-state index is -0.296. The molecule has 0 atom stereocenters. The van der Waals surface area contributed by atoms with Crippen LogP contribution in [0.3, 0.4) is 0 Å². The molecule has 1 aliphatic heterocycles. The van der Waals surface area contributed by atoms with Crippen molar-refractivity contribution in [3.8, 4) is 0 Å². The van der Waals surface area contributed by atoms with Gasteiger partial charge in [-0.1, -0.05) is 0 Å². The number of azo groups is 2. The highest BCUT2D eigenvalue weighted by atomic mass is 19.1. The third kappa shape index (κ3) is 5.12. The smallest absolute Gasteiger partial charge is 0.123 e. The molecule has 1 heterocycles. The quantitative estimate of drug-likeness (QED) is 0.440. The fourth-order valence-corrected chi connectivity index (χ4v) is 3.10. The molecule has 0 unspecified atom stereocenters. The van der Waals surface area contributed by atoms with Crippen LogP contribution in [0.5, 0.6) is 0 Å². The average molecular weight is 403 g/mol. The summed E-state index contributed by atoms with van der Waals surface area (Å²) < 4.78 is 18.3. The average Bonchev–Trinajstić information content (AvgIpc) is 2.79. The van der Waals surface area contributed by atoms with E-state index in [0.29, 0.717) is 11.4 Å². The van der Waals surface area contributed by atoms with E-state index in [1.54, 1.807) is 12.1 Å². The van der Waals surface area contributed by atoms with Gasteiger partial charge in [0.25, 0.3) is 0 Å². The lowest BCUT2D eigenvalue weighted by Gasteiger charge is -2.28. The van der Waals surface area contributed by atoms with Crippen LogP contribution in [0.2, 0.25) is 0 Å². The Morgan fingerprint density at radius 2 is 1.30 bits per heavy atom. The Labute approximate surface area is 174 Å². The van der Waals surface area contributed by atoms with E-state index in [4.69, 9.17) is 4.74 Å². The molecule has 0 radical (unpaired) electrons. The number of aryl methyl sites for hydroxylation is 1. The van der Waals surface area contributed by atoms with Gasteiger partial charge in [-0.3, -0.25) is 0 Å². The molecular formula is C23H22FN5O. The molecule has 1 aliphatic rings. The summed E-state index contributed by atoms with van der Waals surface area (Å²) in [5, 5.41) is 17.0. The first-order valence-electron chi connectivity index (χ1n) is 9.80. The minimum Gasteiger partial charge on any atom is -0.378 e. The number of anilines is 1. The molecule has 0 amide bonds. The molecule has 1 fully saturated rings. The third-order valence-electron chi connectivity index (χ3n) is 4.79. The maximum absolute atomic E-state index is 12.9.